The Balaban J connectivity index is 1.91. The van der Waals surface area contributed by atoms with Crippen molar-refractivity contribution in [2.24, 2.45) is 5.92 Å². The predicted octanol–water partition coefficient (Wildman–Crippen LogP) is 3.11. The van der Waals surface area contributed by atoms with E-state index in [1.54, 1.807) is 0 Å². The monoisotopic (exact) mass is 253 g/mol. The maximum Gasteiger partial charge on any atom is 0.0916 e. The van der Waals surface area contributed by atoms with Crippen LogP contribution in [-0.2, 0) is 0 Å². The van der Waals surface area contributed by atoms with E-state index in [4.69, 9.17) is 11.6 Å². The second kappa shape index (κ2) is 5.85. The molecule has 0 saturated carbocycles. The number of rotatable bonds is 3. The van der Waals surface area contributed by atoms with Gasteiger partial charge in [0.05, 0.1) is 6.10 Å². The molecule has 94 valence electrons. The molecule has 0 bridgehead atoms. The van der Waals surface area contributed by atoms with Crippen LogP contribution in [0.15, 0.2) is 24.3 Å². The molecule has 1 N–H and O–H groups in total. The fourth-order valence-electron chi connectivity index (χ4n) is 2.49. The number of nitrogens with zero attached hydrogens (tertiary/aromatic N) is 1. The highest BCUT2D eigenvalue weighted by molar-refractivity contribution is 6.30. The molecule has 1 aromatic carbocycles. The first-order valence-corrected chi connectivity index (χ1v) is 6.69. The predicted molar refractivity (Wildman–Crippen MR) is 71.2 cm³/mol. The topological polar surface area (TPSA) is 23.5 Å². The van der Waals surface area contributed by atoms with Gasteiger partial charge in [-0.3, -0.25) is 0 Å². The average molecular weight is 254 g/mol. The number of hydrogen-bond acceptors (Lipinski definition) is 2. The van der Waals surface area contributed by atoms with Crippen molar-refractivity contribution < 1.29 is 5.11 Å². The summed E-state index contributed by atoms with van der Waals surface area (Å²) in [4.78, 5) is 2.35. The van der Waals surface area contributed by atoms with Crippen LogP contribution in [0.5, 0.6) is 0 Å². The third kappa shape index (κ3) is 3.70. The summed E-state index contributed by atoms with van der Waals surface area (Å²) in [6.07, 6.45) is 2.15. The van der Waals surface area contributed by atoms with Crippen molar-refractivity contribution in [1.29, 1.82) is 0 Å². The van der Waals surface area contributed by atoms with Crippen LogP contribution in [0.3, 0.4) is 0 Å². The van der Waals surface area contributed by atoms with Crippen LogP contribution >= 0.6 is 11.6 Å². The first kappa shape index (κ1) is 12.9. The maximum atomic E-state index is 10.2. The van der Waals surface area contributed by atoms with Crippen molar-refractivity contribution in [3.05, 3.63) is 34.9 Å². The number of hydrogen-bond donors (Lipinski definition) is 1. The summed E-state index contributed by atoms with van der Waals surface area (Å²) in [5.41, 5.74) is 0.952. The van der Waals surface area contributed by atoms with E-state index in [0.29, 0.717) is 5.02 Å². The first-order valence-electron chi connectivity index (χ1n) is 6.31. The van der Waals surface area contributed by atoms with Crippen LogP contribution in [0.2, 0.25) is 5.02 Å². The lowest BCUT2D eigenvalue weighted by Crippen LogP contribution is -2.37. The summed E-state index contributed by atoms with van der Waals surface area (Å²) in [5.74, 6) is 0.751. The zero-order valence-corrected chi connectivity index (χ0v) is 11.0. The highest BCUT2D eigenvalue weighted by Gasteiger charge is 2.19. The quantitative estimate of drug-likeness (QED) is 0.895. The third-order valence-corrected chi connectivity index (χ3v) is 3.68. The molecule has 2 nitrogen and oxygen atoms in total. The van der Waals surface area contributed by atoms with Gasteiger partial charge in [-0.15, -0.1) is 0 Å². The van der Waals surface area contributed by atoms with E-state index in [-0.39, 0.29) is 0 Å². The van der Waals surface area contributed by atoms with E-state index in [2.05, 4.69) is 11.8 Å². The Kier molecular flexibility index (Phi) is 4.43. The Morgan fingerprint density at radius 3 is 2.76 bits per heavy atom. The number of aliphatic hydroxyl groups excluding tert-OH is 1. The smallest absolute Gasteiger partial charge is 0.0916 e. The lowest BCUT2D eigenvalue weighted by molar-refractivity contribution is 0.0876. The second-order valence-electron chi connectivity index (χ2n) is 5.07. The largest absolute Gasteiger partial charge is 0.387 e. The fourth-order valence-corrected chi connectivity index (χ4v) is 2.61. The summed E-state index contributed by atoms with van der Waals surface area (Å²) < 4.78 is 0. The highest BCUT2D eigenvalue weighted by atomic mass is 35.5. The lowest BCUT2D eigenvalue weighted by Gasteiger charge is -2.32. The summed E-state index contributed by atoms with van der Waals surface area (Å²) in [6.45, 7) is 5.21. The molecule has 0 aromatic heterocycles. The molecule has 2 atom stereocenters. The Bertz CT molecular complexity index is 352. The minimum Gasteiger partial charge on any atom is -0.387 e. The van der Waals surface area contributed by atoms with Crippen molar-refractivity contribution in [2.45, 2.75) is 25.9 Å². The lowest BCUT2D eigenvalue weighted by atomic mass is 9.99. The highest BCUT2D eigenvalue weighted by Crippen LogP contribution is 2.21. The van der Waals surface area contributed by atoms with E-state index < -0.39 is 6.10 Å². The summed E-state index contributed by atoms with van der Waals surface area (Å²) in [5, 5.41) is 10.9. The zero-order valence-electron chi connectivity index (χ0n) is 10.3. The fraction of sp³-hybridized carbons (Fsp3) is 0.571. The van der Waals surface area contributed by atoms with Gasteiger partial charge < -0.3 is 10.0 Å². The van der Waals surface area contributed by atoms with Crippen LogP contribution in [0, 0.1) is 5.92 Å². The summed E-state index contributed by atoms with van der Waals surface area (Å²) >= 11 is 5.84. The van der Waals surface area contributed by atoms with E-state index >= 15 is 0 Å². The maximum absolute atomic E-state index is 10.2. The molecular weight excluding hydrogens is 234 g/mol. The average Bonchev–Trinajstić information content (AvgIpc) is 2.29. The molecule has 1 heterocycles. The van der Waals surface area contributed by atoms with E-state index in [9.17, 15) is 5.11 Å². The second-order valence-corrected chi connectivity index (χ2v) is 5.51. The molecule has 0 spiro atoms. The molecule has 17 heavy (non-hydrogen) atoms. The molecule has 1 saturated heterocycles. The van der Waals surface area contributed by atoms with Gasteiger partial charge >= 0.3 is 0 Å². The number of likely N-dealkylation sites (tertiary alicyclic amines) is 1. The number of piperidine rings is 1. The summed E-state index contributed by atoms with van der Waals surface area (Å²) in [7, 11) is 0. The molecule has 0 amide bonds. The number of benzene rings is 1. The number of aliphatic hydroxyl groups is 1. The van der Waals surface area contributed by atoms with Crippen LogP contribution in [0.25, 0.3) is 0 Å². The summed E-state index contributed by atoms with van der Waals surface area (Å²) in [6, 6.07) is 7.47. The van der Waals surface area contributed by atoms with Crippen molar-refractivity contribution in [1.82, 2.24) is 4.90 Å². The molecule has 3 heteroatoms. The Morgan fingerprint density at radius 2 is 2.12 bits per heavy atom. The van der Waals surface area contributed by atoms with Crippen molar-refractivity contribution in [2.75, 3.05) is 19.6 Å². The van der Waals surface area contributed by atoms with E-state index in [0.717, 1.165) is 31.1 Å². The Morgan fingerprint density at radius 1 is 1.41 bits per heavy atom. The standard InChI is InChI=1S/C14H20ClNO/c1-11-3-2-8-16(9-11)10-14(17)12-4-6-13(15)7-5-12/h4-7,11,14,17H,2-3,8-10H2,1H3. The van der Waals surface area contributed by atoms with Crippen LogP contribution in [0.1, 0.15) is 31.4 Å². The molecule has 1 fully saturated rings. The molecule has 2 rings (SSSR count). The number of halogens is 1. The van der Waals surface area contributed by atoms with Crippen LogP contribution in [-0.4, -0.2) is 29.6 Å². The molecule has 1 aliphatic heterocycles. The van der Waals surface area contributed by atoms with Gasteiger partial charge in [-0.05, 0) is 43.0 Å². The molecular formula is C14H20ClNO. The minimum atomic E-state index is -0.405. The normalized spacial score (nSPS) is 23.6. The Hall–Kier alpha value is -0.570. The molecule has 2 unspecified atom stereocenters. The molecule has 1 aromatic rings. The van der Waals surface area contributed by atoms with Gasteiger partial charge in [0.1, 0.15) is 0 Å². The van der Waals surface area contributed by atoms with Crippen molar-refractivity contribution >= 4 is 11.6 Å². The third-order valence-electron chi connectivity index (χ3n) is 3.43. The SMILES string of the molecule is CC1CCCN(CC(O)c2ccc(Cl)cc2)C1. The van der Waals surface area contributed by atoms with Crippen LogP contribution < -0.4 is 0 Å². The van der Waals surface area contributed by atoms with Crippen molar-refractivity contribution in [3.63, 3.8) is 0 Å². The first-order chi connectivity index (χ1) is 8.15. The van der Waals surface area contributed by atoms with Crippen molar-refractivity contribution in [3.8, 4) is 0 Å². The van der Waals surface area contributed by atoms with Gasteiger partial charge in [-0.25, -0.2) is 0 Å². The van der Waals surface area contributed by atoms with E-state index in [1.807, 2.05) is 24.3 Å². The molecule has 0 aliphatic carbocycles. The van der Waals surface area contributed by atoms with E-state index in [1.165, 1.54) is 12.8 Å². The molecule has 1 aliphatic rings. The van der Waals surface area contributed by atoms with Crippen LogP contribution in [0.4, 0.5) is 0 Å². The number of β-amino-alcohol motifs (C(OH)–C–C–N with tert-alkyl or cyclic N) is 1. The van der Waals surface area contributed by atoms with Gasteiger partial charge in [0.2, 0.25) is 0 Å². The minimum absolute atomic E-state index is 0.405. The van der Waals surface area contributed by atoms with Gasteiger partial charge in [0, 0.05) is 18.1 Å². The molecule has 0 radical (unpaired) electrons. The van der Waals surface area contributed by atoms with Gasteiger partial charge in [-0.2, -0.15) is 0 Å². The van der Waals surface area contributed by atoms with Gasteiger partial charge in [0.25, 0.3) is 0 Å². The van der Waals surface area contributed by atoms with Gasteiger partial charge in [0.15, 0.2) is 0 Å². The zero-order chi connectivity index (χ0) is 12.3. The Labute approximate surface area is 108 Å². The van der Waals surface area contributed by atoms with Gasteiger partial charge in [-0.1, -0.05) is 30.7 Å².